The van der Waals surface area contributed by atoms with Crippen molar-refractivity contribution in [3.63, 3.8) is 0 Å². The molecule has 1 N–H and O–H groups in total. The van der Waals surface area contributed by atoms with Gasteiger partial charge in [0.05, 0.1) is 7.11 Å². The number of nitrogens with zero attached hydrogens (tertiary/aromatic N) is 3. The lowest BCUT2D eigenvalue weighted by molar-refractivity contribution is -0.143. The first kappa shape index (κ1) is 24.2. The van der Waals surface area contributed by atoms with Crippen LogP contribution in [0.5, 0.6) is 5.75 Å². The van der Waals surface area contributed by atoms with Crippen LogP contribution in [0, 0.1) is 6.92 Å². The van der Waals surface area contributed by atoms with Crippen LogP contribution in [-0.4, -0.2) is 78.4 Å². The minimum absolute atomic E-state index is 0.0341. The molecule has 2 aromatic rings. The van der Waals surface area contributed by atoms with E-state index in [1.54, 1.807) is 18.9 Å². The second kappa shape index (κ2) is 11.0. The summed E-state index contributed by atoms with van der Waals surface area (Å²) >= 11 is 0. The minimum Gasteiger partial charge on any atom is -0.497 e. The molecule has 0 aromatic heterocycles. The Bertz CT molecular complexity index is 1000. The van der Waals surface area contributed by atoms with Gasteiger partial charge in [0.15, 0.2) is 0 Å². The number of hydrogen-bond donors (Lipinski definition) is 1. The Hall–Kier alpha value is -2.90. The molecule has 4 rings (SSSR count). The Morgan fingerprint density at radius 2 is 1.85 bits per heavy atom. The summed E-state index contributed by atoms with van der Waals surface area (Å²) in [6.07, 6.45) is 0.651. The molecule has 2 heterocycles. The van der Waals surface area contributed by atoms with Gasteiger partial charge in [-0.3, -0.25) is 14.5 Å². The molecule has 2 aliphatic rings. The number of nitrogens with one attached hydrogen (secondary N) is 1. The lowest BCUT2D eigenvalue weighted by atomic mass is 10.0. The largest absolute Gasteiger partial charge is 0.497 e. The van der Waals surface area contributed by atoms with Crippen molar-refractivity contribution in [2.45, 2.75) is 45.4 Å². The molecule has 2 saturated heterocycles. The van der Waals surface area contributed by atoms with Crippen molar-refractivity contribution in [3.8, 4) is 5.75 Å². The first-order valence-electron chi connectivity index (χ1n) is 12.1. The van der Waals surface area contributed by atoms with Gasteiger partial charge in [-0.2, -0.15) is 0 Å². The van der Waals surface area contributed by atoms with Crippen LogP contribution >= 0.6 is 0 Å². The van der Waals surface area contributed by atoms with E-state index in [2.05, 4.69) is 53.5 Å². The van der Waals surface area contributed by atoms with E-state index in [4.69, 9.17) is 4.74 Å². The Kier molecular flexibility index (Phi) is 7.85. The number of rotatable bonds is 7. The van der Waals surface area contributed by atoms with Crippen LogP contribution < -0.4 is 10.1 Å². The van der Waals surface area contributed by atoms with Gasteiger partial charge in [-0.25, -0.2) is 0 Å². The average Bonchev–Trinajstić information content (AvgIpc) is 3.31. The molecule has 0 bridgehead atoms. The third-order valence-electron chi connectivity index (χ3n) is 7.07. The predicted molar refractivity (Wildman–Crippen MR) is 132 cm³/mol. The van der Waals surface area contributed by atoms with E-state index >= 15 is 0 Å². The van der Waals surface area contributed by atoms with Crippen LogP contribution in [0.3, 0.4) is 0 Å². The summed E-state index contributed by atoms with van der Waals surface area (Å²) in [5.74, 6) is 0.876. The minimum atomic E-state index is -0.398. The normalized spacial score (nSPS) is 20.6. The lowest BCUT2D eigenvalue weighted by Crippen LogP contribution is -2.53. The van der Waals surface area contributed by atoms with Crippen molar-refractivity contribution < 1.29 is 14.3 Å². The number of ether oxygens (including phenoxy) is 1. The van der Waals surface area contributed by atoms with Crippen molar-refractivity contribution in [1.82, 2.24) is 20.0 Å². The van der Waals surface area contributed by atoms with Gasteiger partial charge in [-0.05, 0) is 42.2 Å². The molecule has 2 unspecified atom stereocenters. The third-order valence-corrected chi connectivity index (χ3v) is 7.07. The molecule has 0 spiro atoms. The first-order chi connectivity index (χ1) is 16.5. The summed E-state index contributed by atoms with van der Waals surface area (Å²) in [5, 5.41) is 3.30. The van der Waals surface area contributed by atoms with Gasteiger partial charge in [0, 0.05) is 58.8 Å². The van der Waals surface area contributed by atoms with Gasteiger partial charge in [0.2, 0.25) is 11.8 Å². The molecule has 0 aliphatic carbocycles. The topological polar surface area (TPSA) is 65.1 Å². The van der Waals surface area contributed by atoms with E-state index in [0.29, 0.717) is 26.1 Å². The fourth-order valence-corrected chi connectivity index (χ4v) is 5.08. The summed E-state index contributed by atoms with van der Waals surface area (Å²) in [7, 11) is 1.68. The number of aryl methyl sites for hydroxylation is 1. The standard InChI is InChI=1S/C27H36N4O3/c1-20-7-4-5-9-23(20)18-30(17-22-8-6-10-25(15-22)34-3)24-16-26(31(19-24)21(2)32)27(33)29-13-11-28-12-14-29/h4-10,15,24,26,28H,11-14,16-19H2,1-3H3. The van der Waals surface area contributed by atoms with E-state index in [0.717, 1.165) is 37.5 Å². The number of hydrogen-bond acceptors (Lipinski definition) is 5. The summed E-state index contributed by atoms with van der Waals surface area (Å²) in [6, 6.07) is 16.2. The molecule has 2 aromatic carbocycles. The maximum absolute atomic E-state index is 13.4. The summed E-state index contributed by atoms with van der Waals surface area (Å²) in [6.45, 7) is 8.75. The summed E-state index contributed by atoms with van der Waals surface area (Å²) < 4.78 is 5.44. The average molecular weight is 465 g/mol. The Morgan fingerprint density at radius 3 is 2.56 bits per heavy atom. The number of benzene rings is 2. The second-order valence-corrected chi connectivity index (χ2v) is 9.33. The van der Waals surface area contributed by atoms with Crippen LogP contribution in [0.4, 0.5) is 0 Å². The number of methoxy groups -OCH3 is 1. The van der Waals surface area contributed by atoms with Crippen molar-refractivity contribution in [2.75, 3.05) is 39.8 Å². The molecular weight excluding hydrogens is 428 g/mol. The molecule has 7 nitrogen and oxygen atoms in total. The van der Waals surface area contributed by atoms with Crippen molar-refractivity contribution >= 4 is 11.8 Å². The number of carbonyl (C=O) groups excluding carboxylic acids is 2. The van der Waals surface area contributed by atoms with Gasteiger partial charge in [-0.1, -0.05) is 36.4 Å². The van der Waals surface area contributed by atoms with Gasteiger partial charge in [0.1, 0.15) is 11.8 Å². The SMILES string of the molecule is COc1cccc(CN(Cc2ccccc2C)C2CC(C(=O)N3CCNCC3)N(C(C)=O)C2)c1. The zero-order valence-electron chi connectivity index (χ0n) is 20.5. The molecule has 2 aliphatic heterocycles. The van der Waals surface area contributed by atoms with Gasteiger partial charge in [0.25, 0.3) is 0 Å². The predicted octanol–water partition coefficient (Wildman–Crippen LogP) is 2.43. The van der Waals surface area contributed by atoms with Crippen LogP contribution in [0.1, 0.15) is 30.0 Å². The maximum Gasteiger partial charge on any atom is 0.245 e. The van der Waals surface area contributed by atoms with Crippen molar-refractivity contribution in [1.29, 1.82) is 0 Å². The fourth-order valence-electron chi connectivity index (χ4n) is 5.08. The number of amides is 2. The Labute approximate surface area is 202 Å². The number of piperazine rings is 1. The van der Waals surface area contributed by atoms with Gasteiger partial charge < -0.3 is 19.9 Å². The molecule has 0 radical (unpaired) electrons. The quantitative estimate of drug-likeness (QED) is 0.682. The molecule has 2 atom stereocenters. The Balaban J connectivity index is 1.59. The van der Waals surface area contributed by atoms with Crippen LogP contribution in [0.2, 0.25) is 0 Å². The van der Waals surface area contributed by atoms with Gasteiger partial charge >= 0.3 is 0 Å². The molecule has 0 saturated carbocycles. The molecule has 2 fully saturated rings. The number of carbonyl (C=O) groups is 2. The van der Waals surface area contributed by atoms with E-state index < -0.39 is 6.04 Å². The molecule has 34 heavy (non-hydrogen) atoms. The highest BCUT2D eigenvalue weighted by atomic mass is 16.5. The van der Waals surface area contributed by atoms with Crippen molar-refractivity contribution in [3.05, 3.63) is 65.2 Å². The zero-order chi connectivity index (χ0) is 24.1. The van der Waals surface area contributed by atoms with Crippen LogP contribution in [0.15, 0.2) is 48.5 Å². The Morgan fingerprint density at radius 1 is 1.09 bits per heavy atom. The lowest BCUT2D eigenvalue weighted by Gasteiger charge is -2.32. The monoisotopic (exact) mass is 464 g/mol. The highest BCUT2D eigenvalue weighted by molar-refractivity contribution is 5.87. The first-order valence-corrected chi connectivity index (χ1v) is 12.1. The fraction of sp³-hybridized carbons (Fsp3) is 0.481. The summed E-state index contributed by atoms with van der Waals surface area (Å²) in [5.41, 5.74) is 3.66. The van der Waals surface area contributed by atoms with E-state index in [9.17, 15) is 9.59 Å². The number of likely N-dealkylation sites (tertiary alicyclic amines) is 1. The zero-order valence-corrected chi connectivity index (χ0v) is 20.5. The van der Waals surface area contributed by atoms with E-state index in [1.807, 2.05) is 17.0 Å². The molecule has 2 amide bonds. The van der Waals surface area contributed by atoms with Crippen LogP contribution in [-0.2, 0) is 22.7 Å². The molecule has 7 heteroatoms. The van der Waals surface area contributed by atoms with E-state index in [-0.39, 0.29) is 17.9 Å². The van der Waals surface area contributed by atoms with Crippen molar-refractivity contribution in [2.24, 2.45) is 0 Å². The second-order valence-electron chi connectivity index (χ2n) is 9.33. The smallest absolute Gasteiger partial charge is 0.245 e. The molecular formula is C27H36N4O3. The maximum atomic E-state index is 13.4. The third kappa shape index (κ3) is 5.59. The van der Waals surface area contributed by atoms with Crippen LogP contribution in [0.25, 0.3) is 0 Å². The van der Waals surface area contributed by atoms with Gasteiger partial charge in [-0.15, -0.1) is 0 Å². The summed E-state index contributed by atoms with van der Waals surface area (Å²) in [4.78, 5) is 32.1. The molecule has 182 valence electrons. The highest BCUT2D eigenvalue weighted by Gasteiger charge is 2.42. The highest BCUT2D eigenvalue weighted by Crippen LogP contribution is 2.28. The van der Waals surface area contributed by atoms with E-state index in [1.165, 1.54) is 11.1 Å².